The van der Waals surface area contributed by atoms with E-state index in [2.05, 4.69) is 20.1 Å². The van der Waals surface area contributed by atoms with E-state index in [1.165, 1.54) is 21.9 Å². The summed E-state index contributed by atoms with van der Waals surface area (Å²) in [4.78, 5) is 20.5. The summed E-state index contributed by atoms with van der Waals surface area (Å²) >= 11 is 11.4. The number of halogens is 2. The van der Waals surface area contributed by atoms with Crippen LogP contribution in [0.25, 0.3) is 0 Å². The fourth-order valence-corrected chi connectivity index (χ4v) is 7.40. The third-order valence-corrected chi connectivity index (χ3v) is 10.4. The van der Waals surface area contributed by atoms with Gasteiger partial charge in [-0.1, -0.05) is 23.2 Å². The lowest BCUT2D eigenvalue weighted by atomic mass is 10.3. The third kappa shape index (κ3) is 11.3. The van der Waals surface area contributed by atoms with Crippen LogP contribution in [-0.2, 0) is 49.7 Å². The summed E-state index contributed by atoms with van der Waals surface area (Å²) in [5.41, 5.74) is 0.474. The number of nitrogens with one attached hydrogen (secondary N) is 4. The Morgan fingerprint density at radius 2 is 0.955 bits per heavy atom. The van der Waals surface area contributed by atoms with Crippen molar-refractivity contribution in [2.75, 3.05) is 52.2 Å². The van der Waals surface area contributed by atoms with Crippen LogP contribution in [0.3, 0.4) is 0 Å². The van der Waals surface area contributed by atoms with Crippen molar-refractivity contribution in [3.8, 4) is 0 Å². The molecule has 0 saturated heterocycles. The number of sulfonamides is 4. The molecule has 18 nitrogen and oxygen atoms in total. The zero-order valence-corrected chi connectivity index (χ0v) is 28.2. The van der Waals surface area contributed by atoms with Crippen LogP contribution in [-0.4, -0.2) is 97.8 Å². The molecule has 0 saturated carbocycles. The Morgan fingerprint density at radius 3 is 1.18 bits per heavy atom. The van der Waals surface area contributed by atoms with Gasteiger partial charge in [0.25, 0.3) is 0 Å². The molecule has 0 fully saturated rings. The van der Waals surface area contributed by atoms with Gasteiger partial charge in [-0.3, -0.25) is 9.59 Å². The SMILES string of the molecule is CN(C)C=O.CN(C)C=O.NS(=O)(=O)c1cc2c(cc1Cl)NCNS2(=O)=O.NS(=O)(=O)c1cc2c(cc1Cl)NCNS2(=O)=O. The highest BCUT2D eigenvalue weighted by Gasteiger charge is 2.28. The molecular formula is C20H30Cl2N8O10S4. The largest absolute Gasteiger partial charge is 0.370 e. The van der Waals surface area contributed by atoms with Gasteiger partial charge in [0.15, 0.2) is 0 Å². The molecule has 2 aromatic carbocycles. The van der Waals surface area contributed by atoms with Crippen LogP contribution in [0.5, 0.6) is 0 Å². The molecule has 44 heavy (non-hydrogen) atoms. The maximum Gasteiger partial charge on any atom is 0.244 e. The van der Waals surface area contributed by atoms with E-state index in [0.29, 0.717) is 0 Å². The van der Waals surface area contributed by atoms with Gasteiger partial charge in [0.2, 0.25) is 52.9 Å². The van der Waals surface area contributed by atoms with Crippen LogP contribution in [0.15, 0.2) is 43.8 Å². The van der Waals surface area contributed by atoms with Crippen molar-refractivity contribution >= 4 is 87.5 Å². The number of anilines is 2. The van der Waals surface area contributed by atoms with Gasteiger partial charge in [0.05, 0.1) is 34.8 Å². The Kier molecular flexibility index (Phi) is 13.8. The molecule has 2 aliphatic rings. The number of benzene rings is 2. The lowest BCUT2D eigenvalue weighted by Gasteiger charge is -2.20. The van der Waals surface area contributed by atoms with Crippen LogP contribution in [0.1, 0.15) is 0 Å². The maximum absolute atomic E-state index is 11.6. The fourth-order valence-electron chi connectivity index (χ4n) is 2.83. The van der Waals surface area contributed by atoms with Crippen molar-refractivity contribution in [3.63, 3.8) is 0 Å². The van der Waals surface area contributed by atoms with E-state index in [1.807, 2.05) is 0 Å². The molecule has 2 aliphatic heterocycles. The molecule has 2 aromatic rings. The standard InChI is InChI=1S/2C7H8ClN3O4S2.2C3H7NO/c2*8-4-1-5-7(2-6(4)16(9,12)13)17(14,15)11-3-10-5;2*1-4(2)3-5/h2*1-2,10-11H,3H2,(H2,9,12,13);2*3H,1-2H3. The van der Waals surface area contributed by atoms with Gasteiger partial charge in [0.1, 0.15) is 19.6 Å². The number of nitrogens with two attached hydrogens (primary N) is 2. The minimum absolute atomic E-state index is 0.0143. The van der Waals surface area contributed by atoms with Crippen molar-refractivity contribution in [3.05, 3.63) is 34.3 Å². The van der Waals surface area contributed by atoms with E-state index < -0.39 is 49.9 Å². The minimum atomic E-state index is -4.07. The van der Waals surface area contributed by atoms with Crippen molar-refractivity contribution in [1.82, 2.24) is 19.2 Å². The number of carbonyl (C=O) groups is 2. The second kappa shape index (κ2) is 15.5. The molecule has 8 N–H and O–H groups in total. The number of amides is 2. The molecule has 0 unspecified atom stereocenters. The summed E-state index contributed by atoms with van der Waals surface area (Å²) in [7, 11) is -8.85. The van der Waals surface area contributed by atoms with Gasteiger partial charge in [-0.2, -0.15) is 9.44 Å². The van der Waals surface area contributed by atoms with Crippen molar-refractivity contribution in [1.29, 1.82) is 0 Å². The Hall–Kier alpha value is -2.80. The lowest BCUT2D eigenvalue weighted by Crippen LogP contribution is -2.34. The number of fused-ring (bicyclic) bond motifs is 2. The third-order valence-electron chi connectivity index (χ3n) is 4.76. The molecule has 2 amide bonds. The minimum Gasteiger partial charge on any atom is -0.370 e. The smallest absolute Gasteiger partial charge is 0.244 e. The second-order valence-electron chi connectivity index (χ2n) is 8.79. The zero-order chi connectivity index (χ0) is 34.3. The number of nitrogens with zero attached hydrogens (tertiary/aromatic N) is 2. The first-order valence-corrected chi connectivity index (χ1v) is 18.2. The lowest BCUT2D eigenvalue weighted by molar-refractivity contribution is -0.116. The van der Waals surface area contributed by atoms with Crippen LogP contribution in [0.4, 0.5) is 11.4 Å². The van der Waals surface area contributed by atoms with Crippen molar-refractivity contribution in [2.45, 2.75) is 19.6 Å². The molecule has 24 heteroatoms. The number of carbonyl (C=O) groups excluding carboxylic acids is 2. The molecule has 0 radical (unpaired) electrons. The highest BCUT2D eigenvalue weighted by molar-refractivity contribution is 7.91. The molecular weight excluding hydrogens is 711 g/mol. The molecule has 248 valence electrons. The van der Waals surface area contributed by atoms with E-state index in [9.17, 15) is 43.3 Å². The molecule has 0 bridgehead atoms. The first-order valence-electron chi connectivity index (χ1n) is 11.4. The van der Waals surface area contributed by atoms with E-state index >= 15 is 0 Å². The predicted octanol–water partition coefficient (Wildman–Crippen LogP) is -1.29. The zero-order valence-electron chi connectivity index (χ0n) is 23.4. The highest BCUT2D eigenvalue weighted by atomic mass is 35.5. The summed E-state index contributed by atoms with van der Waals surface area (Å²) in [6, 6.07) is 4.30. The van der Waals surface area contributed by atoms with Crippen LogP contribution < -0.4 is 30.4 Å². The number of hydrogen-bond donors (Lipinski definition) is 6. The predicted molar refractivity (Wildman–Crippen MR) is 163 cm³/mol. The number of rotatable bonds is 4. The van der Waals surface area contributed by atoms with E-state index in [0.717, 1.165) is 25.0 Å². The Bertz CT molecular complexity index is 1690. The monoisotopic (exact) mass is 740 g/mol. The second-order valence-corrected chi connectivity index (χ2v) is 16.1. The van der Waals surface area contributed by atoms with Crippen molar-refractivity contribution < 1.29 is 43.3 Å². The summed E-state index contributed by atoms with van der Waals surface area (Å²) in [6.45, 7) is 0.0285. The molecule has 0 aliphatic carbocycles. The van der Waals surface area contributed by atoms with E-state index in [-0.39, 0.29) is 44.5 Å². The first kappa shape index (κ1) is 39.2. The Balaban J connectivity index is 0.000000338. The number of hydrogen-bond acceptors (Lipinski definition) is 12. The van der Waals surface area contributed by atoms with Crippen LogP contribution in [0.2, 0.25) is 10.0 Å². The molecule has 0 aromatic heterocycles. The topological polar surface area (TPSA) is 277 Å². The van der Waals surface area contributed by atoms with Crippen LogP contribution in [0, 0.1) is 0 Å². The molecule has 4 rings (SSSR count). The summed E-state index contributed by atoms with van der Waals surface area (Å²) in [6.07, 6.45) is 1.50. The van der Waals surface area contributed by atoms with Gasteiger partial charge in [-0.05, 0) is 24.3 Å². The summed E-state index contributed by atoms with van der Waals surface area (Å²) in [5.74, 6) is 0. The quantitative estimate of drug-likeness (QED) is 0.200. The fraction of sp³-hybridized carbons (Fsp3) is 0.300. The summed E-state index contributed by atoms with van der Waals surface area (Å²) in [5, 5.41) is 15.1. The van der Waals surface area contributed by atoms with Gasteiger partial charge in [0, 0.05) is 28.2 Å². The number of primary sulfonamides is 2. The van der Waals surface area contributed by atoms with E-state index in [4.69, 9.17) is 33.5 Å². The molecule has 0 spiro atoms. The molecule has 0 atom stereocenters. The average molecular weight is 742 g/mol. The van der Waals surface area contributed by atoms with Gasteiger partial charge >= 0.3 is 0 Å². The van der Waals surface area contributed by atoms with Crippen molar-refractivity contribution in [2.24, 2.45) is 10.3 Å². The maximum atomic E-state index is 11.6. The summed E-state index contributed by atoms with van der Waals surface area (Å²) < 4.78 is 95.8. The Morgan fingerprint density at radius 1 is 0.682 bits per heavy atom. The first-order chi connectivity index (χ1) is 20.0. The highest BCUT2D eigenvalue weighted by Crippen LogP contribution is 2.33. The molecule has 2 heterocycles. The van der Waals surface area contributed by atoms with E-state index in [1.54, 1.807) is 28.2 Å². The Labute approximate surface area is 265 Å². The average Bonchev–Trinajstić information content (AvgIpc) is 2.87. The van der Waals surface area contributed by atoms with Gasteiger partial charge in [-0.25, -0.2) is 43.9 Å². The van der Waals surface area contributed by atoms with Gasteiger partial charge in [-0.15, -0.1) is 0 Å². The van der Waals surface area contributed by atoms with Gasteiger partial charge < -0.3 is 20.4 Å². The van der Waals surface area contributed by atoms with Crippen LogP contribution >= 0.6 is 23.2 Å². The normalized spacial score (nSPS) is 15.6.